The molecule has 0 amide bonds. The maximum atomic E-state index is 5.76. The van der Waals surface area contributed by atoms with Crippen LogP contribution in [0.5, 0.6) is 5.75 Å². The fourth-order valence-corrected chi connectivity index (χ4v) is 2.07. The molecule has 1 unspecified atom stereocenters. The van der Waals surface area contributed by atoms with Gasteiger partial charge in [-0.2, -0.15) is 0 Å². The number of nitrogens with one attached hydrogen (secondary N) is 1. The van der Waals surface area contributed by atoms with Gasteiger partial charge in [0.05, 0.1) is 0 Å². The third kappa shape index (κ3) is 5.12. The SMILES string of the molecule is C=C(Br)COc1cc(Br)ccc1C(C)NCCC. The van der Waals surface area contributed by atoms with E-state index in [1.165, 1.54) is 5.56 Å². The molecular formula is C14H19Br2NO. The van der Waals surface area contributed by atoms with E-state index in [-0.39, 0.29) is 6.04 Å². The van der Waals surface area contributed by atoms with Crippen molar-refractivity contribution >= 4 is 31.9 Å². The Morgan fingerprint density at radius 2 is 2.22 bits per heavy atom. The predicted molar refractivity (Wildman–Crippen MR) is 84.4 cm³/mol. The minimum atomic E-state index is 0.275. The molecule has 1 atom stereocenters. The van der Waals surface area contributed by atoms with Crippen molar-refractivity contribution in [3.63, 3.8) is 0 Å². The van der Waals surface area contributed by atoms with Crippen molar-refractivity contribution in [3.8, 4) is 5.75 Å². The maximum Gasteiger partial charge on any atom is 0.125 e. The lowest BCUT2D eigenvalue weighted by atomic mass is 10.1. The summed E-state index contributed by atoms with van der Waals surface area (Å²) in [6, 6.07) is 6.39. The Labute approximate surface area is 126 Å². The van der Waals surface area contributed by atoms with Gasteiger partial charge < -0.3 is 10.1 Å². The molecule has 0 aliphatic heterocycles. The third-order valence-electron chi connectivity index (χ3n) is 2.53. The van der Waals surface area contributed by atoms with Gasteiger partial charge in [-0.25, -0.2) is 0 Å². The highest BCUT2D eigenvalue weighted by Gasteiger charge is 2.11. The minimum Gasteiger partial charge on any atom is -0.488 e. The summed E-state index contributed by atoms with van der Waals surface area (Å²) in [5, 5.41) is 3.47. The Kier molecular flexibility index (Phi) is 6.97. The standard InChI is InChI=1S/C14H19Br2NO/c1-4-7-17-11(3)13-6-5-12(16)8-14(13)18-9-10(2)15/h5-6,8,11,17H,2,4,7,9H2,1,3H3. The first-order valence-corrected chi connectivity index (χ1v) is 7.62. The summed E-state index contributed by atoms with van der Waals surface area (Å²) in [6.45, 7) is 9.57. The number of benzene rings is 1. The first-order chi connectivity index (χ1) is 8.54. The Morgan fingerprint density at radius 3 is 2.83 bits per heavy atom. The van der Waals surface area contributed by atoms with Crippen LogP contribution in [0.25, 0.3) is 0 Å². The molecule has 0 heterocycles. The topological polar surface area (TPSA) is 21.3 Å². The van der Waals surface area contributed by atoms with Gasteiger partial charge >= 0.3 is 0 Å². The Morgan fingerprint density at radius 1 is 1.50 bits per heavy atom. The molecule has 0 aromatic heterocycles. The predicted octanol–water partition coefficient (Wildman–Crippen LogP) is 4.80. The van der Waals surface area contributed by atoms with Gasteiger partial charge in [0.1, 0.15) is 12.4 Å². The molecule has 2 nitrogen and oxygen atoms in total. The van der Waals surface area contributed by atoms with Crippen molar-refractivity contribution in [2.24, 2.45) is 0 Å². The Hall–Kier alpha value is -0.320. The molecule has 100 valence electrons. The van der Waals surface area contributed by atoms with Gasteiger partial charge in [-0.15, -0.1) is 0 Å². The number of rotatable bonds is 7. The molecule has 1 aromatic carbocycles. The lowest BCUT2D eigenvalue weighted by Gasteiger charge is -2.18. The zero-order valence-corrected chi connectivity index (χ0v) is 14.0. The van der Waals surface area contributed by atoms with E-state index in [9.17, 15) is 0 Å². The van der Waals surface area contributed by atoms with Crippen molar-refractivity contribution in [3.05, 3.63) is 39.3 Å². The Bertz CT molecular complexity index is 407. The van der Waals surface area contributed by atoms with Crippen molar-refractivity contribution in [2.75, 3.05) is 13.2 Å². The fraction of sp³-hybridized carbons (Fsp3) is 0.429. The van der Waals surface area contributed by atoms with Crippen molar-refractivity contribution in [1.82, 2.24) is 5.32 Å². The van der Waals surface area contributed by atoms with Crippen LogP contribution in [0.4, 0.5) is 0 Å². The first kappa shape index (κ1) is 15.7. The molecule has 0 radical (unpaired) electrons. The van der Waals surface area contributed by atoms with E-state index < -0.39 is 0 Å². The molecule has 0 fully saturated rings. The number of hydrogen-bond acceptors (Lipinski definition) is 2. The van der Waals surface area contributed by atoms with Crippen LogP contribution in [0.2, 0.25) is 0 Å². The lowest BCUT2D eigenvalue weighted by molar-refractivity contribution is 0.351. The van der Waals surface area contributed by atoms with Crippen LogP contribution in [0.15, 0.2) is 33.7 Å². The quantitative estimate of drug-likeness (QED) is 0.738. The zero-order chi connectivity index (χ0) is 13.5. The van der Waals surface area contributed by atoms with E-state index >= 15 is 0 Å². The van der Waals surface area contributed by atoms with Crippen LogP contribution in [0.1, 0.15) is 31.9 Å². The molecule has 4 heteroatoms. The van der Waals surface area contributed by atoms with E-state index in [0.29, 0.717) is 6.61 Å². The maximum absolute atomic E-state index is 5.76. The molecule has 0 spiro atoms. The van der Waals surface area contributed by atoms with Crippen molar-refractivity contribution < 1.29 is 4.74 Å². The summed E-state index contributed by atoms with van der Waals surface area (Å²) in [6.07, 6.45) is 1.12. The molecule has 0 aliphatic rings. The monoisotopic (exact) mass is 375 g/mol. The summed E-state index contributed by atoms with van der Waals surface area (Å²) in [5.41, 5.74) is 1.17. The van der Waals surface area contributed by atoms with Gasteiger partial charge in [0.2, 0.25) is 0 Å². The van der Waals surface area contributed by atoms with Gasteiger partial charge in [-0.3, -0.25) is 0 Å². The highest BCUT2D eigenvalue weighted by molar-refractivity contribution is 9.11. The third-order valence-corrected chi connectivity index (χ3v) is 3.25. The van der Waals surface area contributed by atoms with Crippen LogP contribution >= 0.6 is 31.9 Å². The first-order valence-electron chi connectivity index (χ1n) is 6.03. The summed E-state index contributed by atoms with van der Waals surface area (Å²) in [4.78, 5) is 0. The molecule has 1 N–H and O–H groups in total. The van der Waals surface area contributed by atoms with E-state index in [1.807, 2.05) is 12.1 Å². The molecule has 0 saturated carbocycles. The molecule has 0 aliphatic carbocycles. The minimum absolute atomic E-state index is 0.275. The van der Waals surface area contributed by atoms with Crippen LogP contribution in [-0.4, -0.2) is 13.2 Å². The summed E-state index contributed by atoms with van der Waals surface area (Å²) >= 11 is 6.78. The summed E-state index contributed by atoms with van der Waals surface area (Å²) < 4.78 is 7.62. The second-order valence-electron chi connectivity index (χ2n) is 4.16. The largest absolute Gasteiger partial charge is 0.488 e. The van der Waals surface area contributed by atoms with E-state index in [0.717, 1.165) is 27.7 Å². The highest BCUT2D eigenvalue weighted by Crippen LogP contribution is 2.29. The smallest absolute Gasteiger partial charge is 0.125 e. The van der Waals surface area contributed by atoms with E-state index in [1.54, 1.807) is 0 Å². The van der Waals surface area contributed by atoms with E-state index in [2.05, 4.69) is 63.7 Å². The van der Waals surface area contributed by atoms with Gasteiger partial charge in [-0.1, -0.05) is 51.4 Å². The Balaban J connectivity index is 2.84. The summed E-state index contributed by atoms with van der Waals surface area (Å²) in [7, 11) is 0. The average molecular weight is 377 g/mol. The number of halogens is 2. The highest BCUT2D eigenvalue weighted by atomic mass is 79.9. The lowest BCUT2D eigenvalue weighted by Crippen LogP contribution is -2.20. The molecule has 1 aromatic rings. The van der Waals surface area contributed by atoms with Crippen LogP contribution in [0.3, 0.4) is 0 Å². The van der Waals surface area contributed by atoms with Crippen molar-refractivity contribution in [1.29, 1.82) is 0 Å². The molecule has 1 rings (SSSR count). The van der Waals surface area contributed by atoms with Gasteiger partial charge in [0.25, 0.3) is 0 Å². The average Bonchev–Trinajstić information content (AvgIpc) is 2.33. The van der Waals surface area contributed by atoms with Gasteiger partial charge in [0.15, 0.2) is 0 Å². The number of hydrogen-bond donors (Lipinski definition) is 1. The number of ether oxygens (including phenoxy) is 1. The van der Waals surface area contributed by atoms with E-state index in [4.69, 9.17) is 4.74 Å². The fourth-order valence-electron chi connectivity index (χ4n) is 1.62. The summed E-state index contributed by atoms with van der Waals surface area (Å²) in [5.74, 6) is 0.890. The normalized spacial score (nSPS) is 12.2. The molecule has 0 saturated heterocycles. The molecule has 18 heavy (non-hydrogen) atoms. The van der Waals surface area contributed by atoms with Gasteiger partial charge in [0, 0.05) is 20.6 Å². The molecular weight excluding hydrogens is 358 g/mol. The van der Waals surface area contributed by atoms with Crippen LogP contribution < -0.4 is 10.1 Å². The molecule has 0 bridgehead atoms. The zero-order valence-electron chi connectivity index (χ0n) is 10.8. The second-order valence-corrected chi connectivity index (χ2v) is 6.20. The van der Waals surface area contributed by atoms with Crippen molar-refractivity contribution in [2.45, 2.75) is 26.3 Å². The van der Waals surface area contributed by atoms with Gasteiger partial charge in [-0.05, 0) is 32.0 Å². The van der Waals surface area contributed by atoms with Crippen LogP contribution in [0, 0.1) is 0 Å². The second kappa shape index (κ2) is 7.97. The van der Waals surface area contributed by atoms with Crippen LogP contribution in [-0.2, 0) is 0 Å².